The fourth-order valence-corrected chi connectivity index (χ4v) is 2.23. The minimum atomic E-state index is -0.338. The molecule has 1 amide bonds. The average molecular weight is 251 g/mol. The summed E-state index contributed by atoms with van der Waals surface area (Å²) in [5.41, 5.74) is 1.54. The van der Waals surface area contributed by atoms with E-state index in [2.05, 4.69) is 11.6 Å². The molecule has 0 aliphatic heterocycles. The van der Waals surface area contributed by atoms with Crippen LogP contribution in [0.3, 0.4) is 0 Å². The van der Waals surface area contributed by atoms with E-state index in [0.29, 0.717) is 5.56 Å². The highest BCUT2D eigenvalue weighted by Crippen LogP contribution is 2.34. The van der Waals surface area contributed by atoms with Gasteiger partial charge in [0.15, 0.2) is 0 Å². The average Bonchev–Trinajstić information content (AvgIpc) is 3.11. The van der Waals surface area contributed by atoms with Gasteiger partial charge in [0, 0.05) is 11.3 Å². The quantitative estimate of drug-likeness (QED) is 0.839. The third kappa shape index (κ3) is 3.01. The molecule has 2 N–H and O–H groups in total. The predicted molar refractivity (Wildman–Crippen MR) is 70.2 cm³/mol. The molecule has 17 heavy (non-hydrogen) atoms. The van der Waals surface area contributed by atoms with Gasteiger partial charge >= 0.3 is 0 Å². The highest BCUT2D eigenvalue weighted by Gasteiger charge is 2.43. The van der Waals surface area contributed by atoms with Crippen molar-refractivity contribution in [2.45, 2.75) is 24.1 Å². The number of aliphatic hydroxyl groups excluding tert-OH is 1. The molecule has 1 aliphatic carbocycles. The Kier molecular flexibility index (Phi) is 3.74. The van der Waals surface area contributed by atoms with Crippen LogP contribution in [0.2, 0.25) is 0 Å². The maximum atomic E-state index is 11.9. The van der Waals surface area contributed by atoms with E-state index in [1.165, 1.54) is 5.56 Å². The van der Waals surface area contributed by atoms with E-state index < -0.39 is 0 Å². The minimum absolute atomic E-state index is 0.0310. The zero-order valence-electron chi connectivity index (χ0n) is 9.90. The van der Waals surface area contributed by atoms with Gasteiger partial charge in [-0.3, -0.25) is 4.79 Å². The molecule has 4 heteroatoms. The fraction of sp³-hybridized carbons (Fsp3) is 0.462. The van der Waals surface area contributed by atoms with Crippen molar-refractivity contribution in [2.24, 2.45) is 0 Å². The van der Waals surface area contributed by atoms with Gasteiger partial charge in [-0.05, 0) is 36.8 Å². The second kappa shape index (κ2) is 5.10. The van der Waals surface area contributed by atoms with Crippen molar-refractivity contribution in [1.82, 2.24) is 5.32 Å². The van der Waals surface area contributed by atoms with Crippen LogP contribution in [-0.4, -0.2) is 29.4 Å². The third-order valence-corrected chi connectivity index (χ3v) is 3.68. The Hall–Kier alpha value is -1.00. The highest BCUT2D eigenvalue weighted by molar-refractivity contribution is 7.97. The van der Waals surface area contributed by atoms with Crippen LogP contribution >= 0.6 is 11.8 Å². The molecule has 0 spiro atoms. The zero-order valence-corrected chi connectivity index (χ0v) is 10.7. The standard InChI is InChI=1S/C13H17NO2S/c1-17-8-10-2-4-11(5-3-10)12(16)14-13(9-15)6-7-13/h2-5,15H,6-9H2,1H3,(H,14,16). The summed E-state index contributed by atoms with van der Waals surface area (Å²) in [6.07, 6.45) is 3.80. The maximum absolute atomic E-state index is 11.9. The number of benzene rings is 1. The first kappa shape index (κ1) is 12.5. The summed E-state index contributed by atoms with van der Waals surface area (Å²) in [7, 11) is 0. The molecule has 0 heterocycles. The molecule has 0 atom stereocenters. The van der Waals surface area contributed by atoms with Crippen LogP contribution in [0.1, 0.15) is 28.8 Å². The number of carbonyl (C=O) groups is 1. The summed E-state index contributed by atoms with van der Waals surface area (Å²) in [6.45, 7) is 0.0310. The molecule has 1 aromatic rings. The molecule has 1 aromatic carbocycles. The van der Waals surface area contributed by atoms with Gasteiger partial charge in [-0.25, -0.2) is 0 Å². The summed E-state index contributed by atoms with van der Waals surface area (Å²) >= 11 is 1.76. The predicted octanol–water partition coefficient (Wildman–Crippen LogP) is 1.80. The van der Waals surface area contributed by atoms with E-state index in [-0.39, 0.29) is 18.1 Å². The van der Waals surface area contributed by atoms with Crippen LogP contribution in [-0.2, 0) is 5.75 Å². The largest absolute Gasteiger partial charge is 0.394 e. The Morgan fingerprint density at radius 1 is 1.41 bits per heavy atom. The van der Waals surface area contributed by atoms with Gasteiger partial charge in [0.05, 0.1) is 12.1 Å². The highest BCUT2D eigenvalue weighted by atomic mass is 32.2. The van der Waals surface area contributed by atoms with Crippen LogP contribution < -0.4 is 5.32 Å². The van der Waals surface area contributed by atoms with Gasteiger partial charge in [0.25, 0.3) is 5.91 Å². The molecule has 0 saturated heterocycles. The van der Waals surface area contributed by atoms with Gasteiger partial charge in [-0.1, -0.05) is 12.1 Å². The summed E-state index contributed by atoms with van der Waals surface area (Å²) in [4.78, 5) is 11.9. The van der Waals surface area contributed by atoms with E-state index in [0.717, 1.165) is 18.6 Å². The van der Waals surface area contributed by atoms with E-state index in [1.54, 1.807) is 11.8 Å². The first-order valence-corrected chi connectivity index (χ1v) is 7.10. The molecule has 0 bridgehead atoms. The number of hydrogen-bond acceptors (Lipinski definition) is 3. The molecule has 2 rings (SSSR count). The second-order valence-corrected chi connectivity index (χ2v) is 5.39. The van der Waals surface area contributed by atoms with Crippen molar-refractivity contribution in [1.29, 1.82) is 0 Å². The first-order chi connectivity index (χ1) is 8.19. The van der Waals surface area contributed by atoms with Gasteiger partial charge in [0.2, 0.25) is 0 Å². The number of amides is 1. The number of rotatable bonds is 5. The fourth-order valence-electron chi connectivity index (χ4n) is 1.71. The molecule has 3 nitrogen and oxygen atoms in total. The number of thioether (sulfide) groups is 1. The van der Waals surface area contributed by atoms with E-state index in [4.69, 9.17) is 5.11 Å². The molecule has 1 saturated carbocycles. The SMILES string of the molecule is CSCc1ccc(C(=O)NC2(CO)CC2)cc1. The van der Waals surface area contributed by atoms with Crippen molar-refractivity contribution in [3.05, 3.63) is 35.4 Å². The van der Waals surface area contributed by atoms with Gasteiger partial charge in [0.1, 0.15) is 0 Å². The smallest absolute Gasteiger partial charge is 0.251 e. The van der Waals surface area contributed by atoms with Gasteiger partial charge in [-0.2, -0.15) is 11.8 Å². The summed E-state index contributed by atoms with van der Waals surface area (Å²) < 4.78 is 0. The Morgan fingerprint density at radius 3 is 2.53 bits per heavy atom. The van der Waals surface area contributed by atoms with Crippen LogP contribution in [0.5, 0.6) is 0 Å². The summed E-state index contributed by atoms with van der Waals surface area (Å²) in [5.74, 6) is 0.870. The molecule has 92 valence electrons. The van der Waals surface area contributed by atoms with Crippen LogP contribution in [0.4, 0.5) is 0 Å². The molecular weight excluding hydrogens is 234 g/mol. The van der Waals surface area contributed by atoms with E-state index in [1.807, 2.05) is 24.3 Å². The molecule has 0 radical (unpaired) electrons. The Balaban J connectivity index is 1.99. The van der Waals surface area contributed by atoms with Gasteiger partial charge < -0.3 is 10.4 Å². The number of hydrogen-bond donors (Lipinski definition) is 2. The zero-order chi connectivity index (χ0) is 12.3. The van der Waals surface area contributed by atoms with Crippen LogP contribution in [0, 0.1) is 0 Å². The summed E-state index contributed by atoms with van der Waals surface area (Å²) in [6, 6.07) is 7.64. The van der Waals surface area contributed by atoms with Crippen LogP contribution in [0.15, 0.2) is 24.3 Å². The Labute approximate surface area is 106 Å². The third-order valence-electron chi connectivity index (χ3n) is 3.06. The lowest BCUT2D eigenvalue weighted by Crippen LogP contribution is -2.39. The Morgan fingerprint density at radius 2 is 2.06 bits per heavy atom. The van der Waals surface area contributed by atoms with Crippen molar-refractivity contribution in [3.8, 4) is 0 Å². The maximum Gasteiger partial charge on any atom is 0.251 e. The number of aliphatic hydroxyl groups is 1. The van der Waals surface area contributed by atoms with Crippen molar-refractivity contribution >= 4 is 17.7 Å². The Bertz CT molecular complexity index is 398. The van der Waals surface area contributed by atoms with Crippen LogP contribution in [0.25, 0.3) is 0 Å². The monoisotopic (exact) mass is 251 g/mol. The topological polar surface area (TPSA) is 49.3 Å². The van der Waals surface area contributed by atoms with E-state index >= 15 is 0 Å². The lowest BCUT2D eigenvalue weighted by atomic mass is 10.1. The van der Waals surface area contributed by atoms with Crippen molar-refractivity contribution in [2.75, 3.05) is 12.9 Å². The normalized spacial score (nSPS) is 16.6. The second-order valence-electron chi connectivity index (χ2n) is 4.52. The lowest BCUT2D eigenvalue weighted by Gasteiger charge is -2.14. The molecule has 1 fully saturated rings. The van der Waals surface area contributed by atoms with Crippen molar-refractivity contribution < 1.29 is 9.90 Å². The molecule has 1 aliphatic rings. The molecule has 0 unspecified atom stereocenters. The molecule has 0 aromatic heterocycles. The number of nitrogens with one attached hydrogen (secondary N) is 1. The van der Waals surface area contributed by atoms with Crippen molar-refractivity contribution in [3.63, 3.8) is 0 Å². The summed E-state index contributed by atoms with van der Waals surface area (Å²) in [5, 5.41) is 12.0. The lowest BCUT2D eigenvalue weighted by molar-refractivity contribution is 0.0907. The van der Waals surface area contributed by atoms with E-state index in [9.17, 15) is 4.79 Å². The molecular formula is C13H17NO2S. The van der Waals surface area contributed by atoms with Gasteiger partial charge in [-0.15, -0.1) is 0 Å². The number of carbonyl (C=O) groups excluding carboxylic acids is 1. The minimum Gasteiger partial charge on any atom is -0.394 e. The first-order valence-electron chi connectivity index (χ1n) is 5.70.